The monoisotopic (exact) mass is 200 g/mol. The number of hydrogen-bond acceptors (Lipinski definition) is 3. The Labute approximate surface area is 80.9 Å². The Morgan fingerprint density at radius 2 is 2.15 bits per heavy atom. The van der Waals surface area contributed by atoms with Crippen LogP contribution in [0, 0.1) is 0 Å². The highest BCUT2D eigenvalue weighted by Gasteiger charge is 2.13. The maximum atomic E-state index is 11.1. The molecule has 0 aliphatic carbocycles. The molecule has 0 aromatic heterocycles. The van der Waals surface area contributed by atoms with Crippen LogP contribution in [-0.2, 0) is 0 Å². The average molecular weight is 201 g/mol. The Morgan fingerprint density at radius 1 is 1.54 bits per heavy atom. The van der Waals surface area contributed by atoms with Crippen molar-refractivity contribution >= 4 is 17.4 Å². The van der Waals surface area contributed by atoms with E-state index in [2.05, 4.69) is 0 Å². The number of halogens is 1. The van der Waals surface area contributed by atoms with Gasteiger partial charge in [-0.3, -0.25) is 4.79 Å². The van der Waals surface area contributed by atoms with Crippen LogP contribution >= 0.6 is 11.6 Å². The van der Waals surface area contributed by atoms with Crippen LogP contribution in [0.25, 0.3) is 0 Å². The van der Waals surface area contributed by atoms with E-state index in [1.807, 2.05) is 0 Å². The number of ether oxygens (including phenoxy) is 1. The molecule has 1 aromatic rings. The van der Waals surface area contributed by atoms with E-state index in [0.717, 1.165) is 0 Å². The molecule has 3 nitrogen and oxygen atoms in total. The zero-order valence-electron chi connectivity index (χ0n) is 7.30. The number of rotatable bonds is 2. The van der Waals surface area contributed by atoms with Crippen molar-refractivity contribution < 1.29 is 14.6 Å². The van der Waals surface area contributed by atoms with Gasteiger partial charge in [-0.05, 0) is 13.0 Å². The Balaban J connectivity index is 3.38. The highest BCUT2D eigenvalue weighted by molar-refractivity contribution is 6.32. The molecule has 13 heavy (non-hydrogen) atoms. The first-order valence-corrected chi connectivity index (χ1v) is 4.01. The molecule has 0 bridgehead atoms. The lowest BCUT2D eigenvalue weighted by Gasteiger charge is -2.07. The molecule has 1 rings (SSSR count). The van der Waals surface area contributed by atoms with Crippen molar-refractivity contribution in [2.75, 3.05) is 7.11 Å². The summed E-state index contributed by atoms with van der Waals surface area (Å²) in [7, 11) is 1.42. The third-order valence-corrected chi connectivity index (χ3v) is 1.89. The van der Waals surface area contributed by atoms with E-state index >= 15 is 0 Å². The highest BCUT2D eigenvalue weighted by atomic mass is 35.5. The van der Waals surface area contributed by atoms with Crippen molar-refractivity contribution in [2.24, 2.45) is 0 Å². The number of Topliss-reactive ketones (excluding diaryl/α,β-unsaturated/α-hetero) is 1. The first kappa shape index (κ1) is 9.86. The minimum atomic E-state index is -0.199. The van der Waals surface area contributed by atoms with Gasteiger partial charge in [0.25, 0.3) is 0 Å². The molecular weight excluding hydrogens is 192 g/mol. The lowest BCUT2D eigenvalue weighted by atomic mass is 10.1. The summed E-state index contributed by atoms with van der Waals surface area (Å²) in [5, 5.41) is 9.40. The number of carbonyl (C=O) groups is 1. The van der Waals surface area contributed by atoms with E-state index in [9.17, 15) is 9.90 Å². The van der Waals surface area contributed by atoms with E-state index in [4.69, 9.17) is 16.3 Å². The minimum Gasteiger partial charge on any atom is -0.508 e. The molecule has 1 aromatic carbocycles. The second-order valence-electron chi connectivity index (χ2n) is 2.56. The van der Waals surface area contributed by atoms with Crippen molar-refractivity contribution in [3.63, 3.8) is 0 Å². The van der Waals surface area contributed by atoms with Crippen LogP contribution < -0.4 is 4.74 Å². The van der Waals surface area contributed by atoms with E-state index in [1.165, 1.54) is 26.2 Å². The topological polar surface area (TPSA) is 46.5 Å². The number of hydrogen-bond donors (Lipinski definition) is 1. The van der Waals surface area contributed by atoms with Crippen LogP contribution in [0.15, 0.2) is 12.1 Å². The van der Waals surface area contributed by atoms with E-state index in [-0.39, 0.29) is 22.1 Å². The molecule has 0 atom stereocenters. The molecule has 0 heterocycles. The van der Waals surface area contributed by atoms with Crippen LogP contribution in [0.5, 0.6) is 11.5 Å². The van der Waals surface area contributed by atoms with Gasteiger partial charge in [0.05, 0.1) is 17.7 Å². The Kier molecular flexibility index (Phi) is 2.78. The Morgan fingerprint density at radius 3 is 2.62 bits per heavy atom. The standard InChI is InChI=1S/C9H9ClO3/c1-5(11)7-3-6(12)4-8(10)9(7)13-2/h3-4,12H,1-2H3. The smallest absolute Gasteiger partial charge is 0.163 e. The molecule has 0 radical (unpaired) electrons. The van der Waals surface area contributed by atoms with Gasteiger partial charge in [0.2, 0.25) is 0 Å². The number of phenolic OH excluding ortho intramolecular Hbond substituents is 1. The molecule has 0 aliphatic heterocycles. The molecule has 0 amide bonds. The molecule has 4 heteroatoms. The third kappa shape index (κ3) is 1.92. The summed E-state index contributed by atoms with van der Waals surface area (Å²) in [5.41, 5.74) is 0.285. The number of aromatic hydroxyl groups is 1. The van der Waals surface area contributed by atoms with E-state index < -0.39 is 0 Å². The van der Waals surface area contributed by atoms with Gasteiger partial charge in [0.1, 0.15) is 11.5 Å². The van der Waals surface area contributed by atoms with Crippen LogP contribution in [0.2, 0.25) is 5.02 Å². The minimum absolute atomic E-state index is 0.0454. The fraction of sp³-hybridized carbons (Fsp3) is 0.222. The number of ketones is 1. The van der Waals surface area contributed by atoms with E-state index in [1.54, 1.807) is 0 Å². The van der Waals surface area contributed by atoms with Crippen molar-refractivity contribution in [3.8, 4) is 11.5 Å². The summed E-state index contributed by atoms with van der Waals surface area (Å²) >= 11 is 5.74. The molecule has 0 spiro atoms. The summed E-state index contributed by atoms with van der Waals surface area (Å²) in [5.74, 6) is 0.0533. The molecule has 0 aliphatic rings. The van der Waals surface area contributed by atoms with Gasteiger partial charge in [0, 0.05) is 6.07 Å². The SMILES string of the molecule is COc1c(Cl)cc(O)cc1C(C)=O. The summed E-state index contributed by atoms with van der Waals surface area (Å²) < 4.78 is 4.93. The fourth-order valence-corrected chi connectivity index (χ4v) is 1.34. The first-order chi connectivity index (χ1) is 6.06. The molecule has 0 unspecified atom stereocenters. The summed E-state index contributed by atoms with van der Waals surface area (Å²) in [6, 6.07) is 2.65. The van der Waals surface area contributed by atoms with Gasteiger partial charge < -0.3 is 9.84 Å². The van der Waals surface area contributed by atoms with Crippen LogP contribution in [0.4, 0.5) is 0 Å². The van der Waals surface area contributed by atoms with Crippen LogP contribution in [0.1, 0.15) is 17.3 Å². The van der Waals surface area contributed by atoms with Crippen molar-refractivity contribution in [1.29, 1.82) is 0 Å². The summed E-state index contributed by atoms with van der Waals surface area (Å²) in [6.07, 6.45) is 0. The predicted octanol–water partition coefficient (Wildman–Crippen LogP) is 2.26. The summed E-state index contributed by atoms with van der Waals surface area (Å²) in [6.45, 7) is 1.38. The number of benzene rings is 1. The van der Waals surface area contributed by atoms with Crippen molar-refractivity contribution in [3.05, 3.63) is 22.7 Å². The quantitative estimate of drug-likeness (QED) is 0.745. The number of phenols is 1. The molecule has 1 N–H and O–H groups in total. The number of methoxy groups -OCH3 is 1. The molecule has 0 saturated heterocycles. The fourth-order valence-electron chi connectivity index (χ4n) is 1.05. The first-order valence-electron chi connectivity index (χ1n) is 3.63. The maximum absolute atomic E-state index is 11.1. The van der Waals surface area contributed by atoms with Gasteiger partial charge in [-0.1, -0.05) is 11.6 Å². The van der Waals surface area contributed by atoms with Crippen molar-refractivity contribution in [1.82, 2.24) is 0 Å². The molecular formula is C9H9ClO3. The summed E-state index contributed by atoms with van der Waals surface area (Å²) in [4.78, 5) is 11.1. The van der Waals surface area contributed by atoms with Crippen LogP contribution in [-0.4, -0.2) is 18.0 Å². The Hall–Kier alpha value is -1.22. The van der Waals surface area contributed by atoms with Crippen molar-refractivity contribution in [2.45, 2.75) is 6.92 Å². The largest absolute Gasteiger partial charge is 0.508 e. The second kappa shape index (κ2) is 3.66. The molecule has 70 valence electrons. The average Bonchev–Trinajstić information content (AvgIpc) is 2.02. The van der Waals surface area contributed by atoms with Gasteiger partial charge in [-0.15, -0.1) is 0 Å². The normalized spacial score (nSPS) is 9.77. The van der Waals surface area contributed by atoms with Gasteiger partial charge >= 0.3 is 0 Å². The molecule has 0 fully saturated rings. The third-order valence-electron chi connectivity index (χ3n) is 1.61. The Bertz CT molecular complexity index is 347. The number of carbonyl (C=O) groups excluding carboxylic acids is 1. The maximum Gasteiger partial charge on any atom is 0.163 e. The second-order valence-corrected chi connectivity index (χ2v) is 2.97. The highest BCUT2D eigenvalue weighted by Crippen LogP contribution is 2.32. The van der Waals surface area contributed by atoms with E-state index in [0.29, 0.717) is 5.75 Å². The molecule has 0 saturated carbocycles. The lowest BCUT2D eigenvalue weighted by molar-refractivity contribution is 0.101. The predicted molar refractivity (Wildman–Crippen MR) is 49.7 cm³/mol. The zero-order chi connectivity index (χ0) is 10.0. The lowest BCUT2D eigenvalue weighted by Crippen LogP contribution is -1.97. The van der Waals surface area contributed by atoms with Crippen LogP contribution in [0.3, 0.4) is 0 Å². The van der Waals surface area contributed by atoms with Gasteiger partial charge in [-0.25, -0.2) is 0 Å². The van der Waals surface area contributed by atoms with Gasteiger partial charge in [-0.2, -0.15) is 0 Å². The zero-order valence-corrected chi connectivity index (χ0v) is 8.05. The van der Waals surface area contributed by atoms with Gasteiger partial charge in [0.15, 0.2) is 5.78 Å².